The molecule has 1 aromatic carbocycles. The first-order valence-electron chi connectivity index (χ1n) is 9.77. The molecule has 0 fully saturated rings. The maximum Gasteiger partial charge on any atom is 0.154 e. The summed E-state index contributed by atoms with van der Waals surface area (Å²) in [5.74, 6) is 1.54. The molecule has 0 aliphatic rings. The van der Waals surface area contributed by atoms with E-state index in [1.165, 1.54) is 0 Å². The Morgan fingerprint density at radius 1 is 0.800 bits per heavy atom. The fourth-order valence-corrected chi connectivity index (χ4v) is 3.52. The molecule has 0 saturated heterocycles. The lowest BCUT2D eigenvalue weighted by Crippen LogP contribution is -2.02. The zero-order chi connectivity index (χ0) is 20.5. The van der Waals surface area contributed by atoms with Crippen molar-refractivity contribution >= 4 is 0 Å². The summed E-state index contributed by atoms with van der Waals surface area (Å²) in [6.07, 6.45) is 1.78. The van der Waals surface area contributed by atoms with E-state index in [4.69, 9.17) is 9.97 Å². The van der Waals surface area contributed by atoms with Crippen LogP contribution in [0.15, 0.2) is 79.0 Å². The molecule has 1 N–H and O–H groups in total. The van der Waals surface area contributed by atoms with Crippen LogP contribution in [0.4, 0.5) is 0 Å². The number of aromatic amines is 1. The number of nitrogens with one attached hydrogen (secondary N) is 1. The van der Waals surface area contributed by atoms with Gasteiger partial charge in [-0.2, -0.15) is 5.10 Å². The Kier molecular flexibility index (Phi) is 4.44. The number of imidazole rings is 1. The lowest BCUT2D eigenvalue weighted by molar-refractivity contribution is 0.807. The average Bonchev–Trinajstić information content (AvgIpc) is 3.38. The van der Waals surface area contributed by atoms with Crippen molar-refractivity contribution in [2.24, 2.45) is 0 Å². The van der Waals surface area contributed by atoms with E-state index in [1.54, 1.807) is 6.20 Å². The molecular formula is C24H20N6. The van der Waals surface area contributed by atoms with Gasteiger partial charge in [0.25, 0.3) is 0 Å². The van der Waals surface area contributed by atoms with Crippen molar-refractivity contribution in [3.05, 3.63) is 90.4 Å². The van der Waals surface area contributed by atoms with Gasteiger partial charge in [-0.1, -0.05) is 42.5 Å². The predicted octanol–water partition coefficient (Wildman–Crippen LogP) is 5.00. The lowest BCUT2D eigenvalue weighted by atomic mass is 10.1. The quantitative estimate of drug-likeness (QED) is 0.467. The van der Waals surface area contributed by atoms with Crippen molar-refractivity contribution in [3.63, 3.8) is 0 Å². The van der Waals surface area contributed by atoms with E-state index in [2.05, 4.69) is 15.1 Å². The molecule has 6 heteroatoms. The Hall–Kier alpha value is -4.06. The van der Waals surface area contributed by atoms with E-state index >= 15 is 0 Å². The van der Waals surface area contributed by atoms with Crippen LogP contribution in [0.5, 0.6) is 0 Å². The highest BCUT2D eigenvalue weighted by atomic mass is 15.3. The Morgan fingerprint density at radius 2 is 1.60 bits per heavy atom. The minimum absolute atomic E-state index is 0.759. The Morgan fingerprint density at radius 3 is 2.33 bits per heavy atom. The van der Waals surface area contributed by atoms with Gasteiger partial charge in [0.05, 0.1) is 22.8 Å². The number of H-pyrrole nitrogens is 1. The summed E-state index contributed by atoms with van der Waals surface area (Å²) in [4.78, 5) is 17.7. The van der Waals surface area contributed by atoms with E-state index in [1.807, 2.05) is 91.3 Å². The first-order valence-corrected chi connectivity index (χ1v) is 9.77. The van der Waals surface area contributed by atoms with Gasteiger partial charge in [0.2, 0.25) is 0 Å². The minimum Gasteiger partial charge on any atom is -0.336 e. The predicted molar refractivity (Wildman–Crippen MR) is 117 cm³/mol. The second kappa shape index (κ2) is 7.40. The van der Waals surface area contributed by atoms with Crippen molar-refractivity contribution in [1.82, 2.24) is 29.7 Å². The van der Waals surface area contributed by atoms with Crippen LogP contribution in [0.3, 0.4) is 0 Å². The summed E-state index contributed by atoms with van der Waals surface area (Å²) in [5, 5.41) is 4.56. The summed E-state index contributed by atoms with van der Waals surface area (Å²) in [7, 11) is 0. The SMILES string of the molecule is Cc1cc(C)n(-c2cccc(-c3nc(-c4ccccc4)[nH]c3-c3ccccn3)n2)n1. The van der Waals surface area contributed by atoms with Crippen molar-refractivity contribution in [2.75, 3.05) is 0 Å². The van der Waals surface area contributed by atoms with Crippen LogP contribution in [0.25, 0.3) is 40.0 Å². The molecule has 0 aliphatic heterocycles. The standard InChI is InChI=1S/C24H20N6/c1-16-15-17(2)30(29-16)21-13-8-12-20(26-21)23-22(19-11-6-7-14-25-19)27-24(28-23)18-9-4-3-5-10-18/h3-15H,1-2H3,(H,27,28). The third kappa shape index (κ3) is 3.28. The molecule has 6 nitrogen and oxygen atoms in total. The zero-order valence-electron chi connectivity index (χ0n) is 16.7. The Balaban J connectivity index is 1.68. The van der Waals surface area contributed by atoms with Crippen LogP contribution in [0.2, 0.25) is 0 Å². The first kappa shape index (κ1) is 18.0. The smallest absolute Gasteiger partial charge is 0.154 e. The summed E-state index contributed by atoms with van der Waals surface area (Å²) in [5.41, 5.74) is 6.19. The van der Waals surface area contributed by atoms with Gasteiger partial charge in [-0.15, -0.1) is 0 Å². The molecule has 0 unspecified atom stereocenters. The zero-order valence-corrected chi connectivity index (χ0v) is 16.7. The first-order chi connectivity index (χ1) is 14.7. The molecular weight excluding hydrogens is 372 g/mol. The van der Waals surface area contributed by atoms with Gasteiger partial charge in [0.1, 0.15) is 11.5 Å². The molecule has 30 heavy (non-hydrogen) atoms. The van der Waals surface area contributed by atoms with Crippen LogP contribution in [0.1, 0.15) is 11.4 Å². The highest BCUT2D eigenvalue weighted by molar-refractivity contribution is 5.78. The van der Waals surface area contributed by atoms with Crippen molar-refractivity contribution in [1.29, 1.82) is 0 Å². The van der Waals surface area contributed by atoms with Gasteiger partial charge < -0.3 is 4.98 Å². The molecule has 146 valence electrons. The molecule has 4 aromatic heterocycles. The van der Waals surface area contributed by atoms with E-state index in [-0.39, 0.29) is 0 Å². The van der Waals surface area contributed by atoms with Crippen molar-refractivity contribution in [3.8, 4) is 40.0 Å². The molecule has 5 aromatic rings. The Bertz CT molecular complexity index is 1300. The van der Waals surface area contributed by atoms with E-state index in [9.17, 15) is 0 Å². The maximum atomic E-state index is 4.90. The van der Waals surface area contributed by atoms with Gasteiger partial charge >= 0.3 is 0 Å². The molecule has 4 heterocycles. The minimum atomic E-state index is 0.759. The van der Waals surface area contributed by atoms with Crippen LogP contribution >= 0.6 is 0 Å². The molecule has 0 radical (unpaired) electrons. The number of hydrogen-bond acceptors (Lipinski definition) is 4. The molecule has 0 saturated carbocycles. The average molecular weight is 392 g/mol. The molecule has 0 atom stereocenters. The monoisotopic (exact) mass is 392 g/mol. The highest BCUT2D eigenvalue weighted by Gasteiger charge is 2.18. The number of aryl methyl sites for hydroxylation is 2. The summed E-state index contributed by atoms with van der Waals surface area (Å²) >= 11 is 0. The van der Waals surface area contributed by atoms with Gasteiger partial charge in [-0.3, -0.25) is 4.98 Å². The number of rotatable bonds is 4. The van der Waals surface area contributed by atoms with Crippen molar-refractivity contribution < 1.29 is 0 Å². The number of hydrogen-bond donors (Lipinski definition) is 1. The summed E-state index contributed by atoms with van der Waals surface area (Å²) in [6.45, 7) is 4.00. The highest BCUT2D eigenvalue weighted by Crippen LogP contribution is 2.31. The fourth-order valence-electron chi connectivity index (χ4n) is 3.52. The molecule has 0 amide bonds. The van der Waals surface area contributed by atoms with Crippen LogP contribution < -0.4 is 0 Å². The summed E-state index contributed by atoms with van der Waals surface area (Å²) < 4.78 is 1.85. The second-order valence-electron chi connectivity index (χ2n) is 7.11. The van der Waals surface area contributed by atoms with E-state index in [0.29, 0.717) is 0 Å². The number of pyridine rings is 2. The topological polar surface area (TPSA) is 72.3 Å². The number of aromatic nitrogens is 6. The third-order valence-corrected chi connectivity index (χ3v) is 4.88. The van der Waals surface area contributed by atoms with Crippen LogP contribution in [-0.4, -0.2) is 29.7 Å². The lowest BCUT2D eigenvalue weighted by Gasteiger charge is -2.06. The van der Waals surface area contributed by atoms with Crippen LogP contribution in [-0.2, 0) is 0 Å². The summed E-state index contributed by atoms with van der Waals surface area (Å²) in [6, 6.07) is 23.8. The van der Waals surface area contributed by atoms with Gasteiger partial charge in [-0.25, -0.2) is 14.6 Å². The van der Waals surface area contributed by atoms with E-state index in [0.717, 1.165) is 51.4 Å². The normalized spacial score (nSPS) is 11.0. The van der Waals surface area contributed by atoms with Gasteiger partial charge in [0, 0.05) is 17.5 Å². The van der Waals surface area contributed by atoms with Gasteiger partial charge in [0.15, 0.2) is 5.82 Å². The third-order valence-electron chi connectivity index (χ3n) is 4.88. The molecule has 0 bridgehead atoms. The molecule has 5 rings (SSSR count). The molecule has 0 spiro atoms. The van der Waals surface area contributed by atoms with E-state index < -0.39 is 0 Å². The van der Waals surface area contributed by atoms with Gasteiger partial charge in [-0.05, 0) is 44.2 Å². The second-order valence-corrected chi connectivity index (χ2v) is 7.11. The largest absolute Gasteiger partial charge is 0.336 e. The fraction of sp³-hybridized carbons (Fsp3) is 0.0833. The molecule has 0 aliphatic carbocycles. The number of nitrogens with zero attached hydrogens (tertiary/aromatic N) is 5. The maximum absolute atomic E-state index is 4.90. The van der Waals surface area contributed by atoms with Crippen LogP contribution in [0, 0.1) is 13.8 Å². The Labute approximate surface area is 174 Å². The number of benzene rings is 1. The van der Waals surface area contributed by atoms with Crippen molar-refractivity contribution in [2.45, 2.75) is 13.8 Å².